The number of quaternary nitrogens is 1. The van der Waals surface area contributed by atoms with E-state index in [4.69, 9.17) is 0 Å². The van der Waals surface area contributed by atoms with Gasteiger partial charge in [-0.1, -0.05) is 6.42 Å². The maximum atomic E-state index is 2.26. The predicted molar refractivity (Wildman–Crippen MR) is 59.9 cm³/mol. The molecule has 0 saturated heterocycles. The molecular formula is C11H27BrN2. The summed E-state index contributed by atoms with van der Waals surface area (Å²) in [5.41, 5.74) is 0. The second kappa shape index (κ2) is 8.69. The third-order valence-electron chi connectivity index (χ3n) is 2.18. The summed E-state index contributed by atoms with van der Waals surface area (Å²) in [6, 6.07) is 0. The number of nitrogens with zero attached hydrogens (tertiary/aromatic N) is 2. The Labute approximate surface area is 101 Å². The molecule has 14 heavy (non-hydrogen) atoms. The number of rotatable bonds is 7. The van der Waals surface area contributed by atoms with Crippen molar-refractivity contribution in [1.82, 2.24) is 4.90 Å². The van der Waals surface area contributed by atoms with Crippen LogP contribution >= 0.6 is 0 Å². The zero-order chi connectivity index (χ0) is 10.3. The lowest BCUT2D eigenvalue weighted by Crippen LogP contribution is -3.00. The molecular weight excluding hydrogens is 240 g/mol. The lowest BCUT2D eigenvalue weighted by molar-refractivity contribution is -0.870. The first kappa shape index (κ1) is 16.8. The van der Waals surface area contributed by atoms with Gasteiger partial charge >= 0.3 is 0 Å². The summed E-state index contributed by atoms with van der Waals surface area (Å²) in [5, 5.41) is 0. The molecule has 0 aliphatic carbocycles. The Morgan fingerprint density at radius 2 is 1.36 bits per heavy atom. The van der Waals surface area contributed by atoms with E-state index in [1.807, 2.05) is 0 Å². The number of hydrogen-bond acceptors (Lipinski definition) is 1. The fourth-order valence-corrected chi connectivity index (χ4v) is 1.37. The van der Waals surface area contributed by atoms with Crippen molar-refractivity contribution in [3.63, 3.8) is 0 Å². The van der Waals surface area contributed by atoms with Crippen LogP contribution in [-0.4, -0.2) is 57.7 Å². The van der Waals surface area contributed by atoms with Gasteiger partial charge in [0.05, 0.1) is 27.7 Å². The average molecular weight is 267 g/mol. The van der Waals surface area contributed by atoms with Crippen molar-refractivity contribution < 1.29 is 21.5 Å². The van der Waals surface area contributed by atoms with Crippen LogP contribution in [0.3, 0.4) is 0 Å². The fraction of sp³-hybridized carbons (Fsp3) is 1.00. The molecule has 2 nitrogen and oxygen atoms in total. The predicted octanol–water partition coefficient (Wildman–Crippen LogP) is -1.18. The van der Waals surface area contributed by atoms with Gasteiger partial charge in [-0.05, 0) is 39.9 Å². The lowest BCUT2D eigenvalue weighted by atomic mass is 10.2. The van der Waals surface area contributed by atoms with E-state index in [2.05, 4.69) is 40.1 Å². The monoisotopic (exact) mass is 266 g/mol. The van der Waals surface area contributed by atoms with Gasteiger partial charge in [0.2, 0.25) is 0 Å². The van der Waals surface area contributed by atoms with E-state index in [0.717, 1.165) is 4.48 Å². The van der Waals surface area contributed by atoms with Gasteiger partial charge in [0.25, 0.3) is 0 Å². The van der Waals surface area contributed by atoms with Crippen LogP contribution in [0.25, 0.3) is 0 Å². The van der Waals surface area contributed by atoms with Gasteiger partial charge in [-0.25, -0.2) is 0 Å². The first-order chi connectivity index (χ1) is 5.92. The first-order valence-corrected chi connectivity index (χ1v) is 5.37. The summed E-state index contributed by atoms with van der Waals surface area (Å²) in [7, 11) is 11.1. The zero-order valence-electron chi connectivity index (χ0n) is 10.5. The third kappa shape index (κ3) is 14.9. The molecule has 0 saturated carbocycles. The van der Waals surface area contributed by atoms with Gasteiger partial charge in [-0.2, -0.15) is 0 Å². The van der Waals surface area contributed by atoms with Crippen LogP contribution in [0.15, 0.2) is 0 Å². The van der Waals surface area contributed by atoms with E-state index in [1.54, 1.807) is 0 Å². The molecule has 0 amide bonds. The summed E-state index contributed by atoms with van der Waals surface area (Å²) >= 11 is 0. The smallest absolute Gasteiger partial charge is 0.0780 e. The van der Waals surface area contributed by atoms with Gasteiger partial charge in [0, 0.05) is 0 Å². The minimum atomic E-state index is 0. The summed E-state index contributed by atoms with van der Waals surface area (Å²) in [4.78, 5) is 2.26. The Kier molecular flexibility index (Phi) is 10.4. The SMILES string of the molecule is CN(C)CCCCCC[N+](C)(C)C.[Br-]. The summed E-state index contributed by atoms with van der Waals surface area (Å²) in [6.45, 7) is 2.55. The minimum absolute atomic E-state index is 0. The fourth-order valence-electron chi connectivity index (χ4n) is 1.37. The summed E-state index contributed by atoms with van der Waals surface area (Å²) < 4.78 is 1.10. The molecule has 0 atom stereocenters. The minimum Gasteiger partial charge on any atom is -1.00 e. The average Bonchev–Trinajstić information content (AvgIpc) is 1.93. The Bertz CT molecular complexity index is 119. The van der Waals surface area contributed by atoms with Gasteiger partial charge in [-0.15, -0.1) is 0 Å². The third-order valence-corrected chi connectivity index (χ3v) is 2.18. The number of hydrogen-bond donors (Lipinski definition) is 0. The van der Waals surface area contributed by atoms with Gasteiger partial charge in [-0.3, -0.25) is 0 Å². The van der Waals surface area contributed by atoms with E-state index < -0.39 is 0 Å². The molecule has 0 aliphatic rings. The van der Waals surface area contributed by atoms with E-state index in [1.165, 1.54) is 38.8 Å². The highest BCUT2D eigenvalue weighted by molar-refractivity contribution is 4.46. The Balaban J connectivity index is 0. The second-order valence-corrected chi connectivity index (χ2v) is 5.23. The van der Waals surface area contributed by atoms with E-state index >= 15 is 0 Å². The summed E-state index contributed by atoms with van der Waals surface area (Å²) in [5.74, 6) is 0. The van der Waals surface area contributed by atoms with Gasteiger partial charge < -0.3 is 26.4 Å². The lowest BCUT2D eigenvalue weighted by Gasteiger charge is -2.23. The second-order valence-electron chi connectivity index (χ2n) is 5.23. The highest BCUT2D eigenvalue weighted by Crippen LogP contribution is 2.03. The van der Waals surface area contributed by atoms with Crippen LogP contribution in [0.1, 0.15) is 25.7 Å². The van der Waals surface area contributed by atoms with Crippen LogP contribution in [0.5, 0.6) is 0 Å². The maximum absolute atomic E-state index is 2.26. The van der Waals surface area contributed by atoms with Crippen molar-refractivity contribution >= 4 is 0 Å². The van der Waals surface area contributed by atoms with Crippen molar-refractivity contribution in [1.29, 1.82) is 0 Å². The zero-order valence-corrected chi connectivity index (χ0v) is 12.1. The highest BCUT2D eigenvalue weighted by atomic mass is 79.9. The Morgan fingerprint density at radius 3 is 1.79 bits per heavy atom. The molecule has 0 spiro atoms. The van der Waals surface area contributed by atoms with Crippen LogP contribution in [0.4, 0.5) is 0 Å². The van der Waals surface area contributed by atoms with Crippen LogP contribution < -0.4 is 17.0 Å². The Hall–Kier alpha value is 0.400. The largest absolute Gasteiger partial charge is 1.00 e. The molecule has 0 unspecified atom stereocenters. The normalized spacial score (nSPS) is 11.6. The molecule has 0 N–H and O–H groups in total. The van der Waals surface area contributed by atoms with E-state index in [0.29, 0.717) is 0 Å². The number of halogens is 1. The van der Waals surface area contributed by atoms with Gasteiger partial charge in [0.15, 0.2) is 0 Å². The van der Waals surface area contributed by atoms with Crippen LogP contribution in [0, 0.1) is 0 Å². The molecule has 0 aromatic carbocycles. The van der Waals surface area contributed by atoms with Gasteiger partial charge in [0.1, 0.15) is 0 Å². The molecule has 0 rings (SSSR count). The topological polar surface area (TPSA) is 3.24 Å². The maximum Gasteiger partial charge on any atom is 0.0780 e. The molecule has 0 fully saturated rings. The van der Waals surface area contributed by atoms with Crippen molar-refractivity contribution in [2.24, 2.45) is 0 Å². The first-order valence-electron chi connectivity index (χ1n) is 5.37. The highest BCUT2D eigenvalue weighted by Gasteiger charge is 2.04. The van der Waals surface area contributed by atoms with E-state index in [9.17, 15) is 0 Å². The van der Waals surface area contributed by atoms with E-state index in [-0.39, 0.29) is 17.0 Å². The molecule has 0 aliphatic heterocycles. The molecule has 0 heterocycles. The van der Waals surface area contributed by atoms with Crippen LogP contribution in [0.2, 0.25) is 0 Å². The molecule has 0 aromatic heterocycles. The van der Waals surface area contributed by atoms with Crippen LogP contribution in [-0.2, 0) is 0 Å². The molecule has 0 radical (unpaired) electrons. The molecule has 3 heteroatoms. The number of unbranched alkanes of at least 4 members (excludes halogenated alkanes) is 3. The van der Waals surface area contributed by atoms with Crippen molar-refractivity contribution in [3.8, 4) is 0 Å². The molecule has 0 aromatic rings. The van der Waals surface area contributed by atoms with Crippen molar-refractivity contribution in [3.05, 3.63) is 0 Å². The standard InChI is InChI=1S/C11H27N2.BrH/c1-12(2)10-8-6-7-9-11-13(3,4)5;/h6-11H2,1-5H3;1H/q+1;/p-1. The molecule has 88 valence electrons. The Morgan fingerprint density at radius 1 is 0.857 bits per heavy atom. The summed E-state index contributed by atoms with van der Waals surface area (Å²) in [6.07, 6.45) is 5.50. The van der Waals surface area contributed by atoms with Crippen molar-refractivity contribution in [2.75, 3.05) is 48.3 Å². The molecule has 0 bridgehead atoms. The quantitative estimate of drug-likeness (QED) is 0.414. The van der Waals surface area contributed by atoms with Crippen molar-refractivity contribution in [2.45, 2.75) is 25.7 Å².